The molecule has 2 amide bonds. The summed E-state index contributed by atoms with van der Waals surface area (Å²) in [5.74, 6) is -0.221. The lowest BCUT2D eigenvalue weighted by Crippen LogP contribution is -2.44. The summed E-state index contributed by atoms with van der Waals surface area (Å²) in [6.45, 7) is 3.67. The number of nitrogens with zero attached hydrogens (tertiary/aromatic N) is 3. The zero-order valence-electron chi connectivity index (χ0n) is 15.9. The zero-order valence-corrected chi connectivity index (χ0v) is 15.9. The van der Waals surface area contributed by atoms with Crippen molar-refractivity contribution in [2.24, 2.45) is 11.7 Å². The number of anilines is 1. The van der Waals surface area contributed by atoms with E-state index in [1.165, 1.54) is 0 Å². The Morgan fingerprint density at radius 2 is 1.73 bits per heavy atom. The maximum atomic E-state index is 12.8. The summed E-state index contributed by atoms with van der Waals surface area (Å²) in [6, 6.07) is 8.09. The van der Waals surface area contributed by atoms with Crippen LogP contribution in [0, 0.1) is 5.92 Å². The average molecular weight is 358 g/mol. The summed E-state index contributed by atoms with van der Waals surface area (Å²) in [7, 11) is 4.04. The number of benzene rings is 1. The first-order valence-electron chi connectivity index (χ1n) is 9.55. The van der Waals surface area contributed by atoms with E-state index < -0.39 is 0 Å². The van der Waals surface area contributed by atoms with Gasteiger partial charge in [-0.2, -0.15) is 0 Å². The maximum absolute atomic E-state index is 12.8. The van der Waals surface area contributed by atoms with Crippen LogP contribution in [0.1, 0.15) is 36.0 Å². The molecular formula is C20H30N4O2. The van der Waals surface area contributed by atoms with E-state index in [-0.39, 0.29) is 17.7 Å². The highest BCUT2D eigenvalue weighted by Gasteiger charge is 2.26. The molecule has 3 rings (SSSR count). The molecule has 2 N–H and O–H groups in total. The molecule has 1 unspecified atom stereocenters. The van der Waals surface area contributed by atoms with E-state index in [9.17, 15) is 9.59 Å². The number of piperidine rings is 2. The molecule has 0 bridgehead atoms. The Morgan fingerprint density at radius 3 is 2.35 bits per heavy atom. The summed E-state index contributed by atoms with van der Waals surface area (Å²) < 4.78 is 0. The molecule has 26 heavy (non-hydrogen) atoms. The molecule has 1 atom stereocenters. The Hall–Kier alpha value is -2.08. The topological polar surface area (TPSA) is 69.9 Å². The number of amides is 2. The van der Waals surface area contributed by atoms with E-state index in [0.717, 1.165) is 56.6 Å². The van der Waals surface area contributed by atoms with Gasteiger partial charge in [0.1, 0.15) is 0 Å². The van der Waals surface area contributed by atoms with Crippen LogP contribution in [0.25, 0.3) is 0 Å². The minimum Gasteiger partial charge on any atom is -0.371 e. The molecule has 2 saturated heterocycles. The van der Waals surface area contributed by atoms with Gasteiger partial charge in [0.25, 0.3) is 5.91 Å². The lowest BCUT2D eigenvalue weighted by molar-refractivity contribution is -0.122. The molecule has 6 nitrogen and oxygen atoms in total. The lowest BCUT2D eigenvalue weighted by atomic mass is 9.97. The van der Waals surface area contributed by atoms with Gasteiger partial charge in [0.05, 0.1) is 5.92 Å². The minimum atomic E-state index is -0.221. The van der Waals surface area contributed by atoms with E-state index in [4.69, 9.17) is 5.73 Å². The Kier molecular flexibility index (Phi) is 5.81. The quantitative estimate of drug-likeness (QED) is 0.887. The molecule has 1 aromatic rings. The van der Waals surface area contributed by atoms with Gasteiger partial charge in [-0.15, -0.1) is 0 Å². The number of hydrogen-bond acceptors (Lipinski definition) is 4. The van der Waals surface area contributed by atoms with Gasteiger partial charge in [0.15, 0.2) is 0 Å². The van der Waals surface area contributed by atoms with Crippen LogP contribution in [0.15, 0.2) is 24.3 Å². The van der Waals surface area contributed by atoms with Gasteiger partial charge >= 0.3 is 0 Å². The van der Waals surface area contributed by atoms with Crippen LogP contribution in [0.3, 0.4) is 0 Å². The standard InChI is InChI=1S/C20H30N4O2/c1-22-12-9-17(10-13-22)23(2)20(26)15-5-7-18(8-6-15)24-11-3-4-16(14-24)19(21)25/h5-8,16-17H,3-4,9-14H2,1-2H3,(H2,21,25). The second-order valence-corrected chi connectivity index (χ2v) is 7.68. The van der Waals surface area contributed by atoms with E-state index in [1.807, 2.05) is 36.2 Å². The fraction of sp³-hybridized carbons (Fsp3) is 0.600. The predicted octanol–water partition coefficient (Wildman–Crippen LogP) is 1.55. The summed E-state index contributed by atoms with van der Waals surface area (Å²) in [6.07, 6.45) is 3.88. The average Bonchev–Trinajstić information content (AvgIpc) is 2.67. The Morgan fingerprint density at radius 1 is 1.08 bits per heavy atom. The van der Waals surface area contributed by atoms with E-state index >= 15 is 0 Å². The van der Waals surface area contributed by atoms with Crippen LogP contribution in [-0.4, -0.2) is 67.9 Å². The molecule has 0 spiro atoms. The molecule has 2 fully saturated rings. The van der Waals surface area contributed by atoms with Gasteiger partial charge in [-0.05, 0) is 70.1 Å². The van der Waals surface area contributed by atoms with Crippen molar-refractivity contribution in [3.8, 4) is 0 Å². The third-order valence-corrected chi connectivity index (χ3v) is 5.86. The first kappa shape index (κ1) is 18.7. The molecule has 2 heterocycles. The Balaban J connectivity index is 1.63. The van der Waals surface area contributed by atoms with Gasteiger partial charge < -0.3 is 20.4 Å². The Bertz CT molecular complexity index is 638. The van der Waals surface area contributed by atoms with Crippen molar-refractivity contribution >= 4 is 17.5 Å². The molecule has 1 aromatic carbocycles. The van der Waals surface area contributed by atoms with Gasteiger partial charge in [-0.1, -0.05) is 0 Å². The van der Waals surface area contributed by atoms with Crippen molar-refractivity contribution in [2.75, 3.05) is 45.2 Å². The van der Waals surface area contributed by atoms with Crippen LogP contribution in [0.2, 0.25) is 0 Å². The first-order valence-corrected chi connectivity index (χ1v) is 9.55. The monoisotopic (exact) mass is 358 g/mol. The van der Waals surface area contributed by atoms with Crippen LogP contribution in [0.4, 0.5) is 5.69 Å². The van der Waals surface area contributed by atoms with Crippen LogP contribution in [0.5, 0.6) is 0 Å². The number of carbonyl (C=O) groups excluding carboxylic acids is 2. The summed E-state index contributed by atoms with van der Waals surface area (Å²) in [5, 5.41) is 0. The predicted molar refractivity (Wildman–Crippen MR) is 103 cm³/mol. The van der Waals surface area contributed by atoms with Crippen LogP contribution >= 0.6 is 0 Å². The highest BCUT2D eigenvalue weighted by molar-refractivity contribution is 5.94. The molecule has 0 radical (unpaired) electrons. The smallest absolute Gasteiger partial charge is 0.253 e. The van der Waals surface area contributed by atoms with Crippen LogP contribution < -0.4 is 10.6 Å². The van der Waals surface area contributed by atoms with E-state index in [1.54, 1.807) is 0 Å². The third-order valence-electron chi connectivity index (χ3n) is 5.86. The second kappa shape index (κ2) is 8.08. The number of primary amides is 1. The van der Waals surface area contributed by atoms with E-state index in [0.29, 0.717) is 12.6 Å². The zero-order chi connectivity index (χ0) is 18.7. The summed E-state index contributed by atoms with van der Waals surface area (Å²) in [4.78, 5) is 30.6. The largest absolute Gasteiger partial charge is 0.371 e. The third kappa shape index (κ3) is 4.18. The van der Waals surface area contributed by atoms with Crippen molar-refractivity contribution in [3.05, 3.63) is 29.8 Å². The van der Waals surface area contributed by atoms with Crippen molar-refractivity contribution in [2.45, 2.75) is 31.7 Å². The van der Waals surface area contributed by atoms with Crippen molar-refractivity contribution in [3.63, 3.8) is 0 Å². The minimum absolute atomic E-state index is 0.0828. The van der Waals surface area contributed by atoms with Gasteiger partial charge in [-0.3, -0.25) is 9.59 Å². The van der Waals surface area contributed by atoms with Gasteiger partial charge in [0.2, 0.25) is 5.91 Å². The fourth-order valence-electron chi connectivity index (χ4n) is 4.01. The molecule has 0 aromatic heterocycles. The number of nitrogens with two attached hydrogens (primary N) is 1. The molecular weight excluding hydrogens is 328 g/mol. The highest BCUT2D eigenvalue weighted by Crippen LogP contribution is 2.24. The maximum Gasteiger partial charge on any atom is 0.253 e. The summed E-state index contributed by atoms with van der Waals surface area (Å²) >= 11 is 0. The molecule has 0 aliphatic carbocycles. The highest BCUT2D eigenvalue weighted by atomic mass is 16.2. The first-order chi connectivity index (χ1) is 12.5. The number of hydrogen-bond donors (Lipinski definition) is 1. The van der Waals surface area contributed by atoms with Gasteiger partial charge in [-0.25, -0.2) is 0 Å². The molecule has 142 valence electrons. The molecule has 0 saturated carbocycles. The normalized spacial score (nSPS) is 22.2. The second-order valence-electron chi connectivity index (χ2n) is 7.68. The number of rotatable bonds is 4. The van der Waals surface area contributed by atoms with Crippen molar-refractivity contribution in [1.82, 2.24) is 9.80 Å². The summed E-state index contributed by atoms with van der Waals surface area (Å²) in [5.41, 5.74) is 7.24. The SMILES string of the molecule is CN1CCC(N(C)C(=O)c2ccc(N3CCCC(C(N)=O)C3)cc2)CC1. The molecule has 2 aliphatic heterocycles. The Labute approximate surface area is 155 Å². The number of likely N-dealkylation sites (tertiary alicyclic amines) is 1. The molecule has 6 heteroatoms. The van der Waals surface area contributed by atoms with Gasteiger partial charge in [0, 0.05) is 37.4 Å². The fourth-order valence-corrected chi connectivity index (χ4v) is 4.01. The van der Waals surface area contributed by atoms with Crippen LogP contribution in [-0.2, 0) is 4.79 Å². The van der Waals surface area contributed by atoms with Crippen molar-refractivity contribution in [1.29, 1.82) is 0 Å². The lowest BCUT2D eigenvalue weighted by Gasteiger charge is -2.35. The van der Waals surface area contributed by atoms with E-state index in [2.05, 4.69) is 16.8 Å². The number of carbonyl (C=O) groups is 2. The molecule has 2 aliphatic rings. The van der Waals surface area contributed by atoms with Crippen molar-refractivity contribution < 1.29 is 9.59 Å².